The Labute approximate surface area is 151 Å². The van der Waals surface area contributed by atoms with Crippen molar-refractivity contribution < 1.29 is 26.0 Å². The molecule has 2 aromatic carbocycles. The molecule has 4 rings (SSSR count). The van der Waals surface area contributed by atoms with Gasteiger partial charge in [-0.25, -0.2) is 9.13 Å². The molecular weight excluding hydrogens is 364 g/mol. The highest BCUT2D eigenvalue weighted by atomic mass is 79.9. The van der Waals surface area contributed by atoms with Crippen molar-refractivity contribution in [3.8, 4) is 17.0 Å². The molecule has 0 amide bonds. The van der Waals surface area contributed by atoms with Gasteiger partial charge in [0.2, 0.25) is 6.33 Å². The number of para-hydroxylation sites is 1. The van der Waals surface area contributed by atoms with Gasteiger partial charge in [0.15, 0.2) is 0 Å². The summed E-state index contributed by atoms with van der Waals surface area (Å²) in [5.74, 6) is 0.895. The third-order valence-electron chi connectivity index (χ3n) is 3.91. The summed E-state index contributed by atoms with van der Waals surface area (Å²) in [6.45, 7) is 4.57. The van der Waals surface area contributed by atoms with E-state index in [2.05, 4.69) is 58.4 Å². The van der Waals surface area contributed by atoms with Crippen LogP contribution in [0.15, 0.2) is 90.4 Å². The van der Waals surface area contributed by atoms with Crippen LogP contribution in [0.5, 0.6) is 0 Å². The van der Waals surface area contributed by atoms with Crippen molar-refractivity contribution in [2.45, 2.75) is 6.54 Å². The van der Waals surface area contributed by atoms with E-state index in [9.17, 15) is 0 Å². The largest absolute Gasteiger partial charge is 1.00 e. The number of nitrogens with zero attached hydrogens (tertiary/aromatic N) is 2. The minimum Gasteiger partial charge on any atom is -1.00 e. The Morgan fingerprint density at radius 2 is 1.88 bits per heavy atom. The summed E-state index contributed by atoms with van der Waals surface area (Å²) in [6.07, 6.45) is 8.02. The number of hydrogen-bond acceptors (Lipinski definition) is 1. The van der Waals surface area contributed by atoms with E-state index in [-0.39, 0.29) is 17.0 Å². The van der Waals surface area contributed by atoms with Crippen molar-refractivity contribution in [1.82, 2.24) is 4.57 Å². The number of hydrogen-bond donors (Lipinski definition) is 0. The molecule has 0 bridgehead atoms. The summed E-state index contributed by atoms with van der Waals surface area (Å²) < 4.78 is 10.1. The molecule has 4 aromatic rings. The van der Waals surface area contributed by atoms with Crippen molar-refractivity contribution in [1.29, 1.82) is 0 Å². The van der Waals surface area contributed by atoms with Gasteiger partial charge in [-0.1, -0.05) is 30.9 Å². The SMILES string of the molecule is C=CC[n+]1ccn(-c2ccc(-c3cc4ccccc4o3)cc2)c1.[Br-]. The minimum absolute atomic E-state index is 0. The number of aromatic nitrogens is 2. The monoisotopic (exact) mass is 380 g/mol. The molecule has 0 saturated heterocycles. The standard InChI is InChI=1S/C20H17N2O.BrH/c1-2-11-21-12-13-22(15-21)18-9-7-16(8-10-18)20-14-17-5-3-4-6-19(17)23-20;/h2-10,12-15H,1,11H2;1H/q+1;/p-1. The molecule has 0 spiro atoms. The predicted octanol–water partition coefficient (Wildman–Crippen LogP) is 1.37. The van der Waals surface area contributed by atoms with Gasteiger partial charge >= 0.3 is 0 Å². The van der Waals surface area contributed by atoms with E-state index < -0.39 is 0 Å². The Hall–Kier alpha value is -2.59. The van der Waals surface area contributed by atoms with Gasteiger partial charge in [0.05, 0.1) is 0 Å². The molecule has 3 nitrogen and oxygen atoms in total. The van der Waals surface area contributed by atoms with Gasteiger partial charge in [0.25, 0.3) is 0 Å². The zero-order valence-corrected chi connectivity index (χ0v) is 14.7. The van der Waals surface area contributed by atoms with Crippen LogP contribution >= 0.6 is 0 Å². The van der Waals surface area contributed by atoms with E-state index in [1.54, 1.807) is 0 Å². The number of furan rings is 1. The van der Waals surface area contributed by atoms with Crippen LogP contribution in [0.25, 0.3) is 28.0 Å². The zero-order chi connectivity index (χ0) is 15.6. The van der Waals surface area contributed by atoms with Crippen LogP contribution in [0.2, 0.25) is 0 Å². The fourth-order valence-electron chi connectivity index (χ4n) is 2.73. The van der Waals surface area contributed by atoms with E-state index in [4.69, 9.17) is 4.42 Å². The van der Waals surface area contributed by atoms with Crippen LogP contribution < -0.4 is 21.5 Å². The summed E-state index contributed by atoms with van der Waals surface area (Å²) in [7, 11) is 0. The number of benzene rings is 2. The topological polar surface area (TPSA) is 21.9 Å². The normalized spacial score (nSPS) is 10.5. The number of allylic oxidation sites excluding steroid dienone is 1. The van der Waals surface area contributed by atoms with Crippen molar-refractivity contribution in [3.05, 3.63) is 86.0 Å². The smallest absolute Gasteiger partial charge is 0.249 e. The van der Waals surface area contributed by atoms with Gasteiger partial charge in [-0.15, -0.1) is 0 Å². The fraction of sp³-hybridized carbons (Fsp3) is 0.0500. The van der Waals surface area contributed by atoms with E-state index in [1.165, 1.54) is 0 Å². The molecule has 0 N–H and O–H groups in total. The average molecular weight is 381 g/mol. The highest BCUT2D eigenvalue weighted by Gasteiger charge is 2.08. The summed E-state index contributed by atoms with van der Waals surface area (Å²) in [4.78, 5) is 0. The molecular formula is C20H17BrN2O. The van der Waals surface area contributed by atoms with Crippen LogP contribution in [0, 0.1) is 0 Å². The second-order valence-electron chi connectivity index (χ2n) is 5.50. The second kappa shape index (κ2) is 6.89. The summed E-state index contributed by atoms with van der Waals surface area (Å²) >= 11 is 0. The Morgan fingerprint density at radius 1 is 1.08 bits per heavy atom. The molecule has 0 unspecified atom stereocenters. The van der Waals surface area contributed by atoms with E-state index >= 15 is 0 Å². The number of halogens is 1. The third-order valence-corrected chi connectivity index (χ3v) is 3.91. The molecule has 0 atom stereocenters. The van der Waals surface area contributed by atoms with E-state index in [1.807, 2.05) is 36.7 Å². The number of rotatable bonds is 4. The third kappa shape index (κ3) is 3.05. The molecule has 24 heavy (non-hydrogen) atoms. The lowest BCUT2D eigenvalue weighted by Gasteiger charge is -1.99. The first-order valence-corrected chi connectivity index (χ1v) is 7.61. The van der Waals surface area contributed by atoms with E-state index in [0.29, 0.717) is 0 Å². The second-order valence-corrected chi connectivity index (χ2v) is 5.50. The summed E-state index contributed by atoms with van der Waals surface area (Å²) in [6, 6.07) is 18.5. The minimum atomic E-state index is 0. The van der Waals surface area contributed by atoms with Gasteiger partial charge in [-0.3, -0.25) is 0 Å². The van der Waals surface area contributed by atoms with Crippen LogP contribution in [0.4, 0.5) is 0 Å². The highest BCUT2D eigenvalue weighted by Crippen LogP contribution is 2.28. The summed E-state index contributed by atoms with van der Waals surface area (Å²) in [5, 5.41) is 1.13. The number of fused-ring (bicyclic) bond motifs is 1. The lowest BCUT2D eigenvalue weighted by atomic mass is 10.1. The van der Waals surface area contributed by atoms with Gasteiger partial charge in [0.1, 0.15) is 36.0 Å². The molecule has 0 aliphatic rings. The maximum absolute atomic E-state index is 5.91. The Morgan fingerprint density at radius 3 is 2.62 bits per heavy atom. The average Bonchev–Trinajstić information content (AvgIpc) is 3.22. The van der Waals surface area contributed by atoms with Gasteiger partial charge in [0, 0.05) is 10.9 Å². The first kappa shape index (κ1) is 16.3. The molecule has 0 radical (unpaired) electrons. The molecule has 0 aliphatic carbocycles. The first-order valence-electron chi connectivity index (χ1n) is 7.61. The van der Waals surface area contributed by atoms with Crippen molar-refractivity contribution in [3.63, 3.8) is 0 Å². The lowest BCUT2D eigenvalue weighted by molar-refractivity contribution is -0.686. The van der Waals surface area contributed by atoms with Crippen molar-refractivity contribution >= 4 is 11.0 Å². The number of imidazole rings is 1. The Balaban J connectivity index is 0.00000169. The molecule has 4 heteroatoms. The molecule has 0 saturated carbocycles. The van der Waals surface area contributed by atoms with Crippen LogP contribution in [0.1, 0.15) is 0 Å². The van der Waals surface area contributed by atoms with Gasteiger partial charge < -0.3 is 21.4 Å². The lowest BCUT2D eigenvalue weighted by Crippen LogP contribution is -3.00. The zero-order valence-electron chi connectivity index (χ0n) is 13.1. The van der Waals surface area contributed by atoms with E-state index in [0.717, 1.165) is 34.5 Å². The maximum atomic E-state index is 5.91. The first-order chi connectivity index (χ1) is 11.3. The van der Waals surface area contributed by atoms with Crippen molar-refractivity contribution in [2.24, 2.45) is 0 Å². The highest BCUT2D eigenvalue weighted by molar-refractivity contribution is 5.82. The van der Waals surface area contributed by atoms with Crippen LogP contribution in [-0.4, -0.2) is 4.57 Å². The molecule has 0 aliphatic heterocycles. The van der Waals surface area contributed by atoms with Gasteiger partial charge in [-0.2, -0.15) is 0 Å². The Kier molecular flexibility index (Phi) is 4.67. The molecule has 2 aromatic heterocycles. The molecule has 2 heterocycles. The summed E-state index contributed by atoms with van der Waals surface area (Å²) in [5.41, 5.74) is 3.12. The molecule has 120 valence electrons. The van der Waals surface area contributed by atoms with Gasteiger partial charge in [-0.05, 0) is 36.4 Å². The maximum Gasteiger partial charge on any atom is 0.249 e. The fourth-order valence-corrected chi connectivity index (χ4v) is 2.73. The van der Waals surface area contributed by atoms with Crippen molar-refractivity contribution in [2.75, 3.05) is 0 Å². The molecule has 0 fully saturated rings. The predicted molar refractivity (Wildman–Crippen MR) is 91.4 cm³/mol. The van der Waals surface area contributed by atoms with Crippen LogP contribution in [0.3, 0.4) is 0 Å². The van der Waals surface area contributed by atoms with Crippen LogP contribution in [-0.2, 0) is 6.54 Å². The quantitative estimate of drug-likeness (QED) is 0.387. The Bertz CT molecular complexity index is 934.